The normalized spacial score (nSPS) is 25.1. The number of pyridine rings is 1. The maximum Gasteiger partial charge on any atom is 0.511 e. The lowest BCUT2D eigenvalue weighted by molar-refractivity contribution is -0.0517. The molecule has 22 heavy (non-hydrogen) atoms. The van der Waals surface area contributed by atoms with E-state index < -0.39 is 20.3 Å². The van der Waals surface area contributed by atoms with Crippen molar-refractivity contribution < 1.29 is 26.3 Å². The van der Waals surface area contributed by atoms with Gasteiger partial charge in [0.05, 0.1) is 0 Å². The molecule has 0 aromatic carbocycles. The van der Waals surface area contributed by atoms with E-state index in [1.165, 1.54) is 11.8 Å². The Labute approximate surface area is 129 Å². The van der Waals surface area contributed by atoms with Crippen LogP contribution >= 0.6 is 11.8 Å². The second-order valence-electron chi connectivity index (χ2n) is 5.32. The molecule has 3 rings (SSSR count). The number of halogens is 3. The van der Waals surface area contributed by atoms with Gasteiger partial charge >= 0.3 is 15.5 Å². The molecule has 0 radical (unpaired) electrons. The van der Waals surface area contributed by atoms with Crippen LogP contribution in [0.3, 0.4) is 0 Å². The van der Waals surface area contributed by atoms with Gasteiger partial charge in [-0.1, -0.05) is 6.07 Å². The van der Waals surface area contributed by atoms with Gasteiger partial charge in [0.2, 0.25) is 5.88 Å². The van der Waals surface area contributed by atoms with Crippen molar-refractivity contribution in [3.63, 3.8) is 0 Å². The van der Waals surface area contributed by atoms with E-state index in [2.05, 4.69) is 4.98 Å². The molecule has 0 aliphatic carbocycles. The number of sulfonamides is 1. The Kier molecular flexibility index (Phi) is 3.81. The highest BCUT2D eigenvalue weighted by atomic mass is 32.2. The predicted octanol–water partition coefficient (Wildman–Crippen LogP) is 1.87. The summed E-state index contributed by atoms with van der Waals surface area (Å²) in [7, 11) is -5.21. The summed E-state index contributed by atoms with van der Waals surface area (Å²) in [4.78, 5) is 4.03. The van der Waals surface area contributed by atoms with Crippen LogP contribution in [0.1, 0.15) is 6.42 Å². The number of hydrogen-bond acceptors (Lipinski definition) is 5. The van der Waals surface area contributed by atoms with E-state index >= 15 is 0 Å². The predicted molar refractivity (Wildman–Crippen MR) is 75.0 cm³/mol. The van der Waals surface area contributed by atoms with Crippen LogP contribution in [0.5, 0.6) is 5.88 Å². The van der Waals surface area contributed by atoms with Crippen molar-refractivity contribution >= 4 is 21.8 Å². The molecule has 122 valence electrons. The summed E-state index contributed by atoms with van der Waals surface area (Å²) < 4.78 is 65.7. The minimum Gasteiger partial charge on any atom is -0.473 e. The maximum atomic E-state index is 12.5. The van der Waals surface area contributed by atoms with Crippen molar-refractivity contribution in [1.82, 2.24) is 9.29 Å². The summed E-state index contributed by atoms with van der Waals surface area (Å²) in [5, 5.41) is 0. The zero-order valence-electron chi connectivity index (χ0n) is 11.3. The van der Waals surface area contributed by atoms with E-state index in [1.807, 2.05) is 0 Å². The Morgan fingerprint density at radius 3 is 2.68 bits per heavy atom. The van der Waals surface area contributed by atoms with E-state index in [1.54, 1.807) is 24.4 Å². The third-order valence-corrected chi connectivity index (χ3v) is 6.76. The second kappa shape index (κ2) is 5.27. The fraction of sp³-hybridized carbons (Fsp3) is 0.583. The molecule has 2 fully saturated rings. The van der Waals surface area contributed by atoms with E-state index in [0.717, 1.165) is 0 Å². The molecule has 3 heterocycles. The molecule has 2 saturated heterocycles. The number of aromatic nitrogens is 1. The number of rotatable bonds is 3. The standard InChI is InChI=1S/C12H13F3N2O3S2/c13-12(14,15)22(18,19)17-7-11(8-17)5-9(6-21-11)20-10-3-1-2-4-16-10/h1-4,9H,5-8H2/t9-/m0/s1. The summed E-state index contributed by atoms with van der Waals surface area (Å²) in [6.07, 6.45) is 1.93. The van der Waals surface area contributed by atoms with Gasteiger partial charge in [0.1, 0.15) is 6.10 Å². The van der Waals surface area contributed by atoms with Crippen molar-refractivity contribution in [3.05, 3.63) is 24.4 Å². The molecule has 1 aromatic heterocycles. The fourth-order valence-corrected chi connectivity index (χ4v) is 5.41. The van der Waals surface area contributed by atoms with E-state index in [9.17, 15) is 21.6 Å². The van der Waals surface area contributed by atoms with Crippen molar-refractivity contribution in [3.8, 4) is 5.88 Å². The summed E-state index contributed by atoms with van der Waals surface area (Å²) in [5.74, 6) is 1.07. The van der Waals surface area contributed by atoms with Crippen LogP contribution < -0.4 is 4.74 Å². The molecule has 5 nitrogen and oxygen atoms in total. The molecule has 1 aromatic rings. The number of ether oxygens (including phenoxy) is 1. The number of alkyl halides is 3. The Morgan fingerprint density at radius 1 is 1.36 bits per heavy atom. The zero-order valence-corrected chi connectivity index (χ0v) is 12.9. The third kappa shape index (κ3) is 2.79. The fourth-order valence-electron chi connectivity index (χ4n) is 2.60. The van der Waals surface area contributed by atoms with Crippen LogP contribution in [0, 0.1) is 0 Å². The molecular formula is C12H13F3N2O3S2. The molecule has 1 spiro atoms. The molecule has 0 amide bonds. The van der Waals surface area contributed by atoms with Crippen molar-refractivity contribution in [1.29, 1.82) is 0 Å². The van der Waals surface area contributed by atoms with Gasteiger partial charge in [-0.3, -0.25) is 0 Å². The average Bonchev–Trinajstić information content (AvgIpc) is 2.81. The van der Waals surface area contributed by atoms with Crippen molar-refractivity contribution in [2.75, 3.05) is 18.8 Å². The third-order valence-electron chi connectivity index (χ3n) is 3.66. The topological polar surface area (TPSA) is 59.5 Å². The van der Waals surface area contributed by atoms with Gasteiger partial charge in [0.15, 0.2) is 0 Å². The van der Waals surface area contributed by atoms with E-state index in [4.69, 9.17) is 4.74 Å². The van der Waals surface area contributed by atoms with Crippen LogP contribution in [0.25, 0.3) is 0 Å². The van der Waals surface area contributed by atoms with Crippen LogP contribution in [0.2, 0.25) is 0 Å². The summed E-state index contributed by atoms with van der Waals surface area (Å²) in [6.45, 7) is -0.247. The smallest absolute Gasteiger partial charge is 0.473 e. The lowest BCUT2D eigenvalue weighted by Gasteiger charge is -2.46. The summed E-state index contributed by atoms with van der Waals surface area (Å²) >= 11 is 1.46. The first kappa shape index (κ1) is 15.9. The van der Waals surface area contributed by atoms with Gasteiger partial charge in [-0.2, -0.15) is 17.5 Å². The monoisotopic (exact) mass is 354 g/mol. The Bertz CT molecular complexity index is 645. The summed E-state index contributed by atoms with van der Waals surface area (Å²) in [6, 6.07) is 5.24. The molecule has 0 N–H and O–H groups in total. The number of hydrogen-bond donors (Lipinski definition) is 0. The first-order valence-electron chi connectivity index (χ1n) is 6.50. The molecule has 2 aliphatic rings. The van der Waals surface area contributed by atoms with Gasteiger partial charge < -0.3 is 4.74 Å². The Hall–Kier alpha value is -1.00. The number of thioether (sulfide) groups is 1. The molecular weight excluding hydrogens is 341 g/mol. The second-order valence-corrected chi connectivity index (χ2v) is 8.74. The molecule has 2 aliphatic heterocycles. The lowest BCUT2D eigenvalue weighted by Crippen LogP contribution is -2.62. The average molecular weight is 354 g/mol. The summed E-state index contributed by atoms with van der Waals surface area (Å²) in [5.41, 5.74) is -5.23. The molecule has 0 unspecified atom stereocenters. The largest absolute Gasteiger partial charge is 0.511 e. The highest BCUT2D eigenvalue weighted by Crippen LogP contribution is 2.48. The van der Waals surface area contributed by atoms with Gasteiger partial charge in [-0.05, 0) is 6.07 Å². The van der Waals surface area contributed by atoms with Gasteiger partial charge in [-0.15, -0.1) is 11.8 Å². The van der Waals surface area contributed by atoms with Crippen molar-refractivity contribution in [2.45, 2.75) is 22.8 Å². The van der Waals surface area contributed by atoms with E-state index in [0.29, 0.717) is 22.4 Å². The highest BCUT2D eigenvalue weighted by Gasteiger charge is 2.60. The Morgan fingerprint density at radius 2 is 2.09 bits per heavy atom. The Balaban J connectivity index is 1.59. The lowest BCUT2D eigenvalue weighted by atomic mass is 9.95. The minimum absolute atomic E-state index is 0.123. The van der Waals surface area contributed by atoms with Gasteiger partial charge in [0, 0.05) is 42.3 Å². The van der Waals surface area contributed by atoms with Crippen LogP contribution in [-0.2, 0) is 10.0 Å². The van der Waals surface area contributed by atoms with E-state index in [-0.39, 0.29) is 19.2 Å². The zero-order chi connectivity index (χ0) is 16.0. The quantitative estimate of drug-likeness (QED) is 0.829. The first-order chi connectivity index (χ1) is 10.2. The van der Waals surface area contributed by atoms with Crippen molar-refractivity contribution in [2.24, 2.45) is 0 Å². The minimum atomic E-state index is -5.23. The maximum absolute atomic E-state index is 12.5. The SMILES string of the molecule is O=S(=O)(N1CC2(C[C@H](Oc3ccccn3)CS2)C1)C(F)(F)F. The highest BCUT2D eigenvalue weighted by molar-refractivity contribution is 8.01. The van der Waals surface area contributed by atoms with Crippen LogP contribution in [-0.4, -0.2) is 52.9 Å². The first-order valence-corrected chi connectivity index (χ1v) is 8.93. The van der Waals surface area contributed by atoms with Gasteiger partial charge in [0.25, 0.3) is 0 Å². The molecule has 0 bridgehead atoms. The molecule has 0 saturated carbocycles. The van der Waals surface area contributed by atoms with Crippen LogP contribution in [0.15, 0.2) is 24.4 Å². The van der Waals surface area contributed by atoms with Gasteiger partial charge in [-0.25, -0.2) is 13.4 Å². The van der Waals surface area contributed by atoms with Crippen LogP contribution in [0.4, 0.5) is 13.2 Å². The molecule has 10 heteroatoms. The number of nitrogens with zero attached hydrogens (tertiary/aromatic N) is 2. The molecule has 1 atom stereocenters.